The summed E-state index contributed by atoms with van der Waals surface area (Å²) in [6, 6.07) is 0. The van der Waals surface area contributed by atoms with E-state index in [1.165, 1.54) is 6.92 Å². The largest absolute Gasteiger partial charge is 0.700 e. The molecular formula is C6H14Cl2O4P+. The molecule has 2 unspecified atom stereocenters. The van der Waals surface area contributed by atoms with Crippen molar-refractivity contribution in [3.05, 3.63) is 0 Å². The van der Waals surface area contributed by atoms with Gasteiger partial charge < -0.3 is 5.11 Å². The molecule has 0 rings (SSSR count). The van der Waals surface area contributed by atoms with Crippen LogP contribution in [0.5, 0.6) is 0 Å². The van der Waals surface area contributed by atoms with E-state index in [1.807, 2.05) is 6.92 Å². The fraction of sp³-hybridized carbons (Fsp3) is 1.00. The molecule has 13 heavy (non-hydrogen) atoms. The summed E-state index contributed by atoms with van der Waals surface area (Å²) in [5.74, 6) is 0.976. The first-order valence-corrected chi connectivity index (χ1v) is 5.81. The van der Waals surface area contributed by atoms with Gasteiger partial charge in [0.25, 0.3) is 0 Å². The highest BCUT2D eigenvalue weighted by Gasteiger charge is 2.22. The van der Waals surface area contributed by atoms with Gasteiger partial charge in [0.1, 0.15) is 6.61 Å². The molecule has 0 spiro atoms. The number of rotatable bonds is 5. The highest BCUT2D eigenvalue weighted by molar-refractivity contribution is 7.33. The summed E-state index contributed by atoms with van der Waals surface area (Å²) >= 11 is 10.2. The first kappa shape index (κ1) is 16.0. The molecule has 0 amide bonds. The number of alkyl halides is 2. The normalized spacial score (nSPS) is 12.8. The molecule has 0 heterocycles. The van der Waals surface area contributed by atoms with Crippen LogP contribution in [0.2, 0.25) is 0 Å². The molecule has 0 aliphatic heterocycles. The lowest BCUT2D eigenvalue weighted by molar-refractivity contribution is -0.00563. The Labute approximate surface area is 89.1 Å². The first-order chi connectivity index (χ1) is 6.08. The Kier molecular flexibility index (Phi) is 15.5. The van der Waals surface area contributed by atoms with E-state index >= 15 is 0 Å². The molecule has 0 aliphatic carbocycles. The summed E-state index contributed by atoms with van der Waals surface area (Å²) in [7, 11) is -2.21. The number of aliphatic hydroxyl groups excluding tert-OH is 1. The van der Waals surface area contributed by atoms with Crippen molar-refractivity contribution in [3.8, 4) is 0 Å². The lowest BCUT2D eigenvalue weighted by Crippen LogP contribution is -2.01. The maximum atomic E-state index is 10.5. The Hall–Kier alpha value is 0.560. The van der Waals surface area contributed by atoms with Gasteiger partial charge >= 0.3 is 8.25 Å². The van der Waals surface area contributed by atoms with Gasteiger partial charge in [-0.1, -0.05) is 11.4 Å². The van der Waals surface area contributed by atoms with Crippen LogP contribution in [-0.2, 0) is 13.6 Å². The molecule has 0 saturated heterocycles. The van der Waals surface area contributed by atoms with Gasteiger partial charge in [-0.25, -0.2) is 0 Å². The van der Waals surface area contributed by atoms with Gasteiger partial charge in [-0.2, -0.15) is 0 Å². The van der Waals surface area contributed by atoms with Gasteiger partial charge in [-0.15, -0.1) is 27.7 Å². The minimum Gasteiger partial charge on any atom is -0.364 e. The molecule has 1 N–H and O–H groups in total. The Bertz CT molecular complexity index is 123. The number of hydrogen-bond donors (Lipinski definition) is 1. The van der Waals surface area contributed by atoms with Crippen LogP contribution >= 0.6 is 31.5 Å². The molecule has 0 aliphatic rings. The van der Waals surface area contributed by atoms with Crippen molar-refractivity contribution >= 4 is 31.5 Å². The maximum Gasteiger partial charge on any atom is 0.700 e. The van der Waals surface area contributed by atoms with Crippen LogP contribution in [-0.4, -0.2) is 29.8 Å². The van der Waals surface area contributed by atoms with Crippen molar-refractivity contribution in [1.82, 2.24) is 0 Å². The minimum absolute atomic E-state index is 0.156. The maximum absolute atomic E-state index is 10.5. The molecule has 4 nitrogen and oxygen atoms in total. The van der Waals surface area contributed by atoms with Crippen molar-refractivity contribution in [2.45, 2.75) is 20.1 Å². The fourth-order valence-electron chi connectivity index (χ4n) is 0.264. The fourth-order valence-corrected chi connectivity index (χ4v) is 0.999. The molecule has 0 radical (unpaired) electrons. The predicted octanol–water partition coefficient (Wildman–Crippen LogP) is 2.50. The second kappa shape index (κ2) is 12.6. The van der Waals surface area contributed by atoms with Crippen molar-refractivity contribution in [2.75, 3.05) is 18.4 Å². The molecule has 0 aromatic rings. The Morgan fingerprint density at radius 3 is 2.31 bits per heavy atom. The van der Waals surface area contributed by atoms with E-state index in [2.05, 4.69) is 9.05 Å². The van der Waals surface area contributed by atoms with Crippen LogP contribution in [0.3, 0.4) is 0 Å². The van der Waals surface area contributed by atoms with Crippen LogP contribution < -0.4 is 0 Å². The van der Waals surface area contributed by atoms with Crippen LogP contribution in [0, 0.1) is 0 Å². The second-order valence-corrected chi connectivity index (χ2v) is 3.55. The third-order valence-corrected chi connectivity index (χ3v) is 1.54. The quantitative estimate of drug-likeness (QED) is 0.464. The lowest BCUT2D eigenvalue weighted by atomic mass is 10.8. The molecule has 0 fully saturated rings. The van der Waals surface area contributed by atoms with E-state index in [0.29, 0.717) is 0 Å². The van der Waals surface area contributed by atoms with Crippen LogP contribution in [0.1, 0.15) is 13.8 Å². The molecule has 80 valence electrons. The lowest BCUT2D eigenvalue weighted by Gasteiger charge is -1.90. The third kappa shape index (κ3) is 19.1. The molecule has 0 saturated carbocycles. The molecule has 0 aromatic heterocycles. The van der Waals surface area contributed by atoms with Gasteiger partial charge in [0, 0.05) is 10.4 Å². The van der Waals surface area contributed by atoms with E-state index in [4.69, 9.17) is 28.3 Å². The first-order valence-electron chi connectivity index (χ1n) is 3.65. The van der Waals surface area contributed by atoms with Gasteiger partial charge in [0.2, 0.25) is 6.29 Å². The monoisotopic (exact) mass is 251 g/mol. The summed E-state index contributed by atoms with van der Waals surface area (Å²) in [6.07, 6.45) is -1.07. The van der Waals surface area contributed by atoms with E-state index in [-0.39, 0.29) is 12.5 Å². The van der Waals surface area contributed by atoms with Crippen molar-refractivity contribution in [2.24, 2.45) is 0 Å². The topological polar surface area (TPSA) is 55.8 Å². The van der Waals surface area contributed by atoms with Crippen LogP contribution in [0.4, 0.5) is 0 Å². The SMILES string of the molecule is CC(O)O[P+](=O)OCCCl.CCCl. The van der Waals surface area contributed by atoms with E-state index in [1.54, 1.807) is 0 Å². The van der Waals surface area contributed by atoms with Gasteiger partial charge in [-0.05, 0) is 6.92 Å². The van der Waals surface area contributed by atoms with Crippen molar-refractivity contribution < 1.29 is 18.7 Å². The van der Waals surface area contributed by atoms with E-state index in [9.17, 15) is 4.57 Å². The average Bonchev–Trinajstić information content (AvgIpc) is 2.01. The number of aliphatic hydroxyl groups is 1. The standard InChI is InChI=1S/C4H9ClO4P.C2H5Cl/c1-4(6)9-10(7)8-3-2-5;1-2-3/h4,6H,2-3H2,1H3;2H2,1H3/q+1;. The van der Waals surface area contributed by atoms with Gasteiger partial charge in [0.15, 0.2) is 0 Å². The van der Waals surface area contributed by atoms with Gasteiger partial charge in [-0.3, -0.25) is 0 Å². The highest BCUT2D eigenvalue weighted by Crippen LogP contribution is 2.24. The minimum atomic E-state index is -2.21. The molecular weight excluding hydrogens is 238 g/mol. The Balaban J connectivity index is 0. The zero-order valence-electron chi connectivity index (χ0n) is 7.57. The average molecular weight is 252 g/mol. The second-order valence-electron chi connectivity index (χ2n) is 1.72. The number of hydrogen-bond acceptors (Lipinski definition) is 4. The highest BCUT2D eigenvalue weighted by atomic mass is 35.5. The predicted molar refractivity (Wildman–Crippen MR) is 53.4 cm³/mol. The summed E-state index contributed by atoms with van der Waals surface area (Å²) in [4.78, 5) is 0. The molecule has 0 bridgehead atoms. The summed E-state index contributed by atoms with van der Waals surface area (Å²) < 4.78 is 19.3. The third-order valence-electron chi connectivity index (χ3n) is 0.512. The zero-order valence-corrected chi connectivity index (χ0v) is 9.98. The smallest absolute Gasteiger partial charge is 0.364 e. The van der Waals surface area contributed by atoms with E-state index in [0.717, 1.165) is 5.88 Å². The van der Waals surface area contributed by atoms with E-state index < -0.39 is 14.5 Å². The summed E-state index contributed by atoms with van der Waals surface area (Å²) in [6.45, 7) is 3.39. The summed E-state index contributed by atoms with van der Waals surface area (Å²) in [5.41, 5.74) is 0. The van der Waals surface area contributed by atoms with Crippen molar-refractivity contribution in [1.29, 1.82) is 0 Å². The van der Waals surface area contributed by atoms with Gasteiger partial charge in [0.05, 0.1) is 5.88 Å². The van der Waals surface area contributed by atoms with Crippen LogP contribution in [0.15, 0.2) is 0 Å². The molecule has 7 heteroatoms. The summed E-state index contributed by atoms with van der Waals surface area (Å²) in [5, 5.41) is 8.50. The zero-order chi connectivity index (χ0) is 10.7. The Morgan fingerprint density at radius 1 is 1.54 bits per heavy atom. The van der Waals surface area contributed by atoms with Crippen LogP contribution in [0.25, 0.3) is 0 Å². The number of halogens is 2. The molecule has 2 atom stereocenters. The molecule has 0 aromatic carbocycles. The Morgan fingerprint density at radius 2 is 2.00 bits per heavy atom. The van der Waals surface area contributed by atoms with Crippen molar-refractivity contribution in [3.63, 3.8) is 0 Å².